The minimum Gasteiger partial charge on any atom is -0.385 e. The average Bonchev–Trinajstić information content (AvgIpc) is 3.16. The molecule has 1 aliphatic carbocycles. The van der Waals surface area contributed by atoms with Crippen LogP contribution in [-0.4, -0.2) is 64.0 Å². The van der Waals surface area contributed by atoms with Gasteiger partial charge in [0.25, 0.3) is 0 Å². The van der Waals surface area contributed by atoms with E-state index in [4.69, 9.17) is 9.47 Å². The Labute approximate surface area is 177 Å². The second kappa shape index (κ2) is 14.9. The number of nitrogens with zero attached hydrogens (tertiary/aromatic N) is 2. The second-order valence-electron chi connectivity index (χ2n) is 7.52. The van der Waals surface area contributed by atoms with Crippen LogP contribution in [0.2, 0.25) is 0 Å². The lowest BCUT2D eigenvalue weighted by Gasteiger charge is -2.34. The summed E-state index contributed by atoms with van der Waals surface area (Å²) in [5.74, 6) is 2.08. The summed E-state index contributed by atoms with van der Waals surface area (Å²) < 4.78 is 11.0. The maximum absolute atomic E-state index is 5.94. The van der Waals surface area contributed by atoms with Gasteiger partial charge >= 0.3 is 0 Å². The molecule has 1 heterocycles. The Morgan fingerprint density at radius 2 is 1.77 bits per heavy atom. The minimum absolute atomic E-state index is 0. The van der Waals surface area contributed by atoms with Crippen LogP contribution in [0.15, 0.2) is 4.99 Å². The third kappa shape index (κ3) is 9.22. The van der Waals surface area contributed by atoms with Gasteiger partial charge in [0.2, 0.25) is 0 Å². The molecule has 0 aromatic rings. The molecular formula is C20H40IN3O2. The normalized spacial score (nSPS) is 19.6. The van der Waals surface area contributed by atoms with E-state index in [0.29, 0.717) is 6.10 Å². The molecule has 2 rings (SSSR count). The summed E-state index contributed by atoms with van der Waals surface area (Å²) in [7, 11) is 3.64. The first-order valence-corrected chi connectivity index (χ1v) is 10.4. The summed E-state index contributed by atoms with van der Waals surface area (Å²) in [5, 5.41) is 3.56. The predicted octanol–water partition coefficient (Wildman–Crippen LogP) is 4.06. The molecule has 2 fully saturated rings. The van der Waals surface area contributed by atoms with E-state index in [1.807, 2.05) is 7.05 Å². The van der Waals surface area contributed by atoms with E-state index in [-0.39, 0.29) is 24.0 Å². The van der Waals surface area contributed by atoms with Gasteiger partial charge in [-0.25, -0.2) is 0 Å². The highest BCUT2D eigenvalue weighted by molar-refractivity contribution is 14.0. The van der Waals surface area contributed by atoms with E-state index < -0.39 is 0 Å². The van der Waals surface area contributed by atoms with Gasteiger partial charge in [-0.3, -0.25) is 4.99 Å². The number of hydrogen-bond donors (Lipinski definition) is 1. The molecule has 5 nitrogen and oxygen atoms in total. The van der Waals surface area contributed by atoms with Crippen LogP contribution < -0.4 is 5.32 Å². The van der Waals surface area contributed by atoms with Gasteiger partial charge in [0.15, 0.2) is 5.96 Å². The highest BCUT2D eigenvalue weighted by atomic mass is 127. The van der Waals surface area contributed by atoms with Crippen LogP contribution >= 0.6 is 24.0 Å². The summed E-state index contributed by atoms with van der Waals surface area (Å²) in [6, 6.07) is 0. The number of halogens is 1. The van der Waals surface area contributed by atoms with Crippen molar-refractivity contribution in [1.82, 2.24) is 10.2 Å². The van der Waals surface area contributed by atoms with Crippen LogP contribution in [0.5, 0.6) is 0 Å². The third-order valence-electron chi connectivity index (χ3n) is 5.60. The molecule has 1 N–H and O–H groups in total. The Morgan fingerprint density at radius 1 is 1.04 bits per heavy atom. The van der Waals surface area contributed by atoms with Crippen molar-refractivity contribution < 1.29 is 9.47 Å². The number of ether oxygens (including phenoxy) is 2. The molecule has 0 aromatic heterocycles. The van der Waals surface area contributed by atoms with Gasteiger partial charge in [0.05, 0.1) is 6.10 Å². The molecule has 1 saturated carbocycles. The Hall–Kier alpha value is -0.0800. The number of methoxy groups -OCH3 is 1. The first kappa shape index (κ1) is 24.0. The highest BCUT2D eigenvalue weighted by Gasteiger charge is 2.21. The number of hydrogen-bond acceptors (Lipinski definition) is 3. The van der Waals surface area contributed by atoms with E-state index in [0.717, 1.165) is 64.0 Å². The predicted molar refractivity (Wildman–Crippen MR) is 120 cm³/mol. The lowest BCUT2D eigenvalue weighted by molar-refractivity contribution is 0.00991. The summed E-state index contributed by atoms with van der Waals surface area (Å²) in [5.41, 5.74) is 0. The number of unbranched alkanes of at least 4 members (excludes halogenated alkanes) is 1. The maximum atomic E-state index is 5.94. The van der Waals surface area contributed by atoms with E-state index >= 15 is 0 Å². The summed E-state index contributed by atoms with van der Waals surface area (Å²) in [6.45, 7) is 4.73. The van der Waals surface area contributed by atoms with Crippen molar-refractivity contribution in [1.29, 1.82) is 0 Å². The molecule has 1 aliphatic heterocycles. The lowest BCUT2D eigenvalue weighted by atomic mass is 10.0. The number of guanidine groups is 1. The Bertz CT molecular complexity index is 368. The number of piperidine rings is 1. The van der Waals surface area contributed by atoms with Gasteiger partial charge < -0.3 is 19.7 Å². The molecule has 6 heteroatoms. The molecular weight excluding hydrogens is 441 g/mol. The van der Waals surface area contributed by atoms with Crippen molar-refractivity contribution in [3.05, 3.63) is 0 Å². The van der Waals surface area contributed by atoms with Crippen molar-refractivity contribution in [2.24, 2.45) is 10.9 Å². The zero-order chi connectivity index (χ0) is 17.7. The summed E-state index contributed by atoms with van der Waals surface area (Å²) >= 11 is 0. The van der Waals surface area contributed by atoms with Gasteiger partial charge in [0.1, 0.15) is 0 Å². The molecule has 0 spiro atoms. The number of likely N-dealkylation sites (tertiary alicyclic amines) is 1. The molecule has 0 atom stereocenters. The fourth-order valence-corrected chi connectivity index (χ4v) is 4.08. The topological polar surface area (TPSA) is 46.1 Å². The maximum Gasteiger partial charge on any atom is 0.193 e. The van der Waals surface area contributed by atoms with Gasteiger partial charge in [0, 0.05) is 47.0 Å². The van der Waals surface area contributed by atoms with E-state index in [2.05, 4.69) is 15.2 Å². The SMILES string of the molecule is CN=C(NCCCCC1CCCC1)N1CCC(OCCCOC)CC1.I. The number of nitrogens with one attached hydrogen (secondary N) is 1. The molecule has 26 heavy (non-hydrogen) atoms. The Balaban J connectivity index is 0.00000338. The van der Waals surface area contributed by atoms with Crippen LogP contribution in [0.1, 0.15) is 64.2 Å². The van der Waals surface area contributed by atoms with Crippen LogP contribution in [0.25, 0.3) is 0 Å². The van der Waals surface area contributed by atoms with Gasteiger partial charge in [-0.05, 0) is 31.6 Å². The molecule has 0 aromatic carbocycles. The quantitative estimate of drug-likeness (QED) is 0.221. The second-order valence-corrected chi connectivity index (χ2v) is 7.52. The fourth-order valence-electron chi connectivity index (χ4n) is 4.08. The monoisotopic (exact) mass is 481 g/mol. The molecule has 2 aliphatic rings. The Morgan fingerprint density at radius 3 is 2.42 bits per heavy atom. The van der Waals surface area contributed by atoms with Crippen LogP contribution in [0.3, 0.4) is 0 Å². The van der Waals surface area contributed by atoms with Crippen molar-refractivity contribution >= 4 is 29.9 Å². The van der Waals surface area contributed by atoms with E-state index in [1.165, 1.54) is 44.9 Å². The van der Waals surface area contributed by atoms with Crippen molar-refractivity contribution in [3.8, 4) is 0 Å². The van der Waals surface area contributed by atoms with Crippen molar-refractivity contribution in [2.75, 3.05) is 47.0 Å². The highest BCUT2D eigenvalue weighted by Crippen LogP contribution is 2.28. The summed E-state index contributed by atoms with van der Waals surface area (Å²) in [4.78, 5) is 6.85. The van der Waals surface area contributed by atoms with Gasteiger partial charge in [-0.2, -0.15) is 0 Å². The van der Waals surface area contributed by atoms with Crippen LogP contribution in [0.4, 0.5) is 0 Å². The smallest absolute Gasteiger partial charge is 0.193 e. The van der Waals surface area contributed by atoms with E-state index in [9.17, 15) is 0 Å². The molecule has 154 valence electrons. The number of aliphatic imine (C=N–C) groups is 1. The zero-order valence-electron chi connectivity index (χ0n) is 16.9. The standard InChI is InChI=1S/C20H39N3O2.HI/c1-21-20(22-13-6-5-10-18-8-3-4-9-18)23-14-11-19(12-15-23)25-17-7-16-24-2;/h18-19H,3-17H2,1-2H3,(H,21,22);1H. The van der Waals surface area contributed by atoms with Crippen LogP contribution in [-0.2, 0) is 9.47 Å². The minimum atomic E-state index is 0. The first-order valence-electron chi connectivity index (χ1n) is 10.4. The van der Waals surface area contributed by atoms with Crippen LogP contribution in [0, 0.1) is 5.92 Å². The lowest BCUT2D eigenvalue weighted by Crippen LogP contribution is -2.47. The molecule has 0 unspecified atom stereocenters. The first-order chi connectivity index (χ1) is 12.3. The third-order valence-corrected chi connectivity index (χ3v) is 5.60. The van der Waals surface area contributed by atoms with Gasteiger partial charge in [-0.1, -0.05) is 38.5 Å². The van der Waals surface area contributed by atoms with E-state index in [1.54, 1.807) is 7.11 Å². The average molecular weight is 481 g/mol. The molecule has 0 radical (unpaired) electrons. The Kier molecular flexibility index (Phi) is 13.7. The molecule has 1 saturated heterocycles. The molecule has 0 bridgehead atoms. The molecule has 0 amide bonds. The zero-order valence-corrected chi connectivity index (χ0v) is 19.2. The van der Waals surface area contributed by atoms with Crippen molar-refractivity contribution in [3.63, 3.8) is 0 Å². The number of rotatable bonds is 10. The largest absolute Gasteiger partial charge is 0.385 e. The van der Waals surface area contributed by atoms with Crippen molar-refractivity contribution in [2.45, 2.75) is 70.3 Å². The fraction of sp³-hybridized carbons (Fsp3) is 0.950. The van der Waals surface area contributed by atoms with Gasteiger partial charge in [-0.15, -0.1) is 24.0 Å². The summed E-state index contributed by atoms with van der Waals surface area (Å²) in [6.07, 6.45) is 13.5.